The number of urea groups is 1. The van der Waals surface area contributed by atoms with Gasteiger partial charge in [-0.05, 0) is 18.4 Å². The number of hydrogen-bond donors (Lipinski definition) is 2. The molecule has 2 amide bonds. The molecule has 1 aromatic rings. The summed E-state index contributed by atoms with van der Waals surface area (Å²) in [6.07, 6.45) is 0.646. The lowest BCUT2D eigenvalue weighted by Gasteiger charge is -2.26. The Morgan fingerprint density at radius 3 is 2.25 bits per heavy atom. The number of nitrogens with one attached hydrogen (secondary N) is 2. The van der Waals surface area contributed by atoms with Gasteiger partial charge >= 0.3 is 6.03 Å². The summed E-state index contributed by atoms with van der Waals surface area (Å²) < 4.78 is 0. The quantitative estimate of drug-likeness (QED) is 0.820. The van der Waals surface area contributed by atoms with Crippen molar-refractivity contribution in [1.29, 1.82) is 0 Å². The third-order valence-corrected chi connectivity index (χ3v) is 3.40. The Balaban J connectivity index is 2.60. The normalized spacial score (nSPS) is 14.9. The van der Waals surface area contributed by atoms with Crippen molar-refractivity contribution in [3.05, 3.63) is 35.9 Å². The first kappa shape index (κ1) is 16.0. The fourth-order valence-electron chi connectivity index (χ4n) is 1.87. The SMILES string of the molecule is CC[C@@H](C)[C@H](NC(=O)N[C@@H](C)c1ccccc1)C(=O)[O-]. The monoisotopic (exact) mass is 277 g/mol. The maximum Gasteiger partial charge on any atom is 0.315 e. The maximum atomic E-state index is 11.8. The molecule has 0 aliphatic carbocycles. The van der Waals surface area contributed by atoms with Crippen molar-refractivity contribution in [1.82, 2.24) is 10.6 Å². The highest BCUT2D eigenvalue weighted by atomic mass is 16.4. The van der Waals surface area contributed by atoms with Crippen LogP contribution in [0.3, 0.4) is 0 Å². The van der Waals surface area contributed by atoms with Crippen molar-refractivity contribution in [3.63, 3.8) is 0 Å². The van der Waals surface area contributed by atoms with Gasteiger partial charge in [-0.1, -0.05) is 50.6 Å². The number of amides is 2. The number of rotatable bonds is 6. The molecule has 5 nitrogen and oxygen atoms in total. The molecule has 3 atom stereocenters. The standard InChI is InChI=1S/C15H22N2O3/c1-4-10(2)13(14(18)19)17-15(20)16-11(3)12-8-6-5-7-9-12/h5-11,13H,4H2,1-3H3,(H,18,19)(H2,16,17,20)/p-1/t10-,11+,13+/m1/s1. The van der Waals surface area contributed by atoms with Gasteiger partial charge in [-0.25, -0.2) is 4.79 Å². The average molecular weight is 277 g/mol. The van der Waals surface area contributed by atoms with E-state index < -0.39 is 18.0 Å². The van der Waals surface area contributed by atoms with Gasteiger partial charge in [0.2, 0.25) is 0 Å². The molecular weight excluding hydrogens is 256 g/mol. The Hall–Kier alpha value is -2.04. The van der Waals surface area contributed by atoms with Crippen LogP contribution in [0.1, 0.15) is 38.8 Å². The van der Waals surface area contributed by atoms with Crippen LogP contribution in [0.15, 0.2) is 30.3 Å². The molecular formula is C15H21N2O3-. The Labute approximate surface area is 119 Å². The molecule has 0 unspecified atom stereocenters. The number of aliphatic carboxylic acids is 1. The number of carboxylic acids is 1. The highest BCUT2D eigenvalue weighted by molar-refractivity contribution is 5.82. The van der Waals surface area contributed by atoms with Crippen LogP contribution < -0.4 is 15.7 Å². The summed E-state index contributed by atoms with van der Waals surface area (Å²) in [5.74, 6) is -1.44. The molecule has 0 aromatic heterocycles. The minimum Gasteiger partial charge on any atom is -0.548 e. The van der Waals surface area contributed by atoms with Gasteiger partial charge in [0.05, 0.1) is 18.1 Å². The second kappa shape index (κ2) is 7.53. The molecule has 0 bridgehead atoms. The van der Waals surface area contributed by atoms with E-state index in [9.17, 15) is 14.7 Å². The highest BCUT2D eigenvalue weighted by Crippen LogP contribution is 2.11. The Kier molecular flexibility index (Phi) is 6.03. The summed E-state index contributed by atoms with van der Waals surface area (Å²) in [6, 6.07) is 7.77. The van der Waals surface area contributed by atoms with E-state index in [1.165, 1.54) is 0 Å². The predicted octanol–water partition coefficient (Wildman–Crippen LogP) is 1.21. The van der Waals surface area contributed by atoms with Gasteiger partial charge < -0.3 is 20.5 Å². The van der Waals surface area contributed by atoms with Crippen molar-refractivity contribution in [2.24, 2.45) is 5.92 Å². The van der Waals surface area contributed by atoms with Crippen molar-refractivity contribution in [3.8, 4) is 0 Å². The van der Waals surface area contributed by atoms with Crippen LogP contribution in [0.4, 0.5) is 4.79 Å². The van der Waals surface area contributed by atoms with Crippen LogP contribution in [-0.2, 0) is 4.79 Å². The summed E-state index contributed by atoms with van der Waals surface area (Å²) in [5, 5.41) is 16.2. The molecule has 2 N–H and O–H groups in total. The molecule has 5 heteroatoms. The van der Waals surface area contributed by atoms with E-state index in [-0.39, 0.29) is 12.0 Å². The van der Waals surface area contributed by atoms with Gasteiger partial charge in [-0.2, -0.15) is 0 Å². The smallest absolute Gasteiger partial charge is 0.315 e. The summed E-state index contributed by atoms with van der Waals surface area (Å²) in [5.41, 5.74) is 0.955. The van der Waals surface area contributed by atoms with Gasteiger partial charge in [0, 0.05) is 0 Å². The van der Waals surface area contributed by atoms with Gasteiger partial charge in [0.15, 0.2) is 0 Å². The van der Waals surface area contributed by atoms with Crippen molar-refractivity contribution < 1.29 is 14.7 Å². The summed E-state index contributed by atoms with van der Waals surface area (Å²) in [4.78, 5) is 22.9. The van der Waals surface area contributed by atoms with E-state index in [1.807, 2.05) is 44.2 Å². The van der Waals surface area contributed by atoms with Crippen molar-refractivity contribution >= 4 is 12.0 Å². The van der Waals surface area contributed by atoms with E-state index in [0.717, 1.165) is 5.56 Å². The minimum atomic E-state index is -1.26. The number of carbonyl (C=O) groups excluding carboxylic acids is 2. The highest BCUT2D eigenvalue weighted by Gasteiger charge is 2.20. The third-order valence-electron chi connectivity index (χ3n) is 3.40. The first-order valence-electron chi connectivity index (χ1n) is 6.78. The summed E-state index contributed by atoms with van der Waals surface area (Å²) in [6.45, 7) is 5.47. The molecule has 0 radical (unpaired) electrons. The van der Waals surface area contributed by atoms with Gasteiger partial charge in [-0.3, -0.25) is 0 Å². The summed E-state index contributed by atoms with van der Waals surface area (Å²) in [7, 11) is 0. The van der Waals surface area contributed by atoms with Gasteiger partial charge in [0.1, 0.15) is 0 Å². The summed E-state index contributed by atoms with van der Waals surface area (Å²) >= 11 is 0. The largest absolute Gasteiger partial charge is 0.548 e. The van der Waals surface area contributed by atoms with Gasteiger partial charge in [-0.15, -0.1) is 0 Å². The second-order valence-electron chi connectivity index (χ2n) is 4.93. The van der Waals surface area contributed by atoms with E-state index in [4.69, 9.17) is 0 Å². The fourth-order valence-corrected chi connectivity index (χ4v) is 1.87. The Morgan fingerprint density at radius 2 is 1.75 bits per heavy atom. The average Bonchev–Trinajstić information content (AvgIpc) is 2.44. The molecule has 0 fully saturated rings. The lowest BCUT2D eigenvalue weighted by Crippen LogP contribution is -2.54. The number of carbonyl (C=O) groups is 2. The van der Waals surface area contributed by atoms with Crippen LogP contribution in [0.2, 0.25) is 0 Å². The zero-order chi connectivity index (χ0) is 15.1. The molecule has 110 valence electrons. The van der Waals surface area contributed by atoms with Crippen LogP contribution in [-0.4, -0.2) is 18.0 Å². The first-order chi connectivity index (χ1) is 9.45. The first-order valence-corrected chi connectivity index (χ1v) is 6.78. The van der Waals surface area contributed by atoms with Crippen LogP contribution >= 0.6 is 0 Å². The molecule has 20 heavy (non-hydrogen) atoms. The lowest BCUT2D eigenvalue weighted by molar-refractivity contribution is -0.309. The van der Waals surface area contributed by atoms with Crippen LogP contribution in [0, 0.1) is 5.92 Å². The molecule has 1 aromatic carbocycles. The van der Waals surface area contributed by atoms with E-state index >= 15 is 0 Å². The predicted molar refractivity (Wildman–Crippen MR) is 74.8 cm³/mol. The molecule has 1 rings (SSSR count). The molecule has 0 aliphatic rings. The third kappa shape index (κ3) is 4.57. The minimum absolute atomic E-state index is 0.183. The topological polar surface area (TPSA) is 81.3 Å². The lowest BCUT2D eigenvalue weighted by atomic mass is 9.99. The molecule has 0 heterocycles. The van der Waals surface area contributed by atoms with Crippen molar-refractivity contribution in [2.75, 3.05) is 0 Å². The Morgan fingerprint density at radius 1 is 1.15 bits per heavy atom. The van der Waals surface area contributed by atoms with Crippen molar-refractivity contribution in [2.45, 2.75) is 39.3 Å². The maximum absolute atomic E-state index is 11.8. The second-order valence-corrected chi connectivity index (χ2v) is 4.93. The molecule has 0 spiro atoms. The van der Waals surface area contributed by atoms with E-state index in [1.54, 1.807) is 6.92 Å². The number of benzene rings is 1. The zero-order valence-electron chi connectivity index (χ0n) is 12.1. The number of carboxylic acid groups (broad SMARTS) is 1. The van der Waals surface area contributed by atoms with Crippen LogP contribution in [0.25, 0.3) is 0 Å². The van der Waals surface area contributed by atoms with Crippen LogP contribution in [0.5, 0.6) is 0 Å². The molecule has 0 aliphatic heterocycles. The van der Waals surface area contributed by atoms with E-state index in [2.05, 4.69) is 10.6 Å². The molecule has 0 saturated carbocycles. The van der Waals surface area contributed by atoms with E-state index in [0.29, 0.717) is 6.42 Å². The number of hydrogen-bond acceptors (Lipinski definition) is 3. The van der Waals surface area contributed by atoms with Gasteiger partial charge in [0.25, 0.3) is 0 Å². The molecule has 0 saturated heterocycles. The Bertz CT molecular complexity index is 448. The fraction of sp³-hybridized carbons (Fsp3) is 0.467. The zero-order valence-corrected chi connectivity index (χ0v) is 12.1.